The van der Waals surface area contributed by atoms with Crippen molar-refractivity contribution in [3.05, 3.63) is 72.8 Å². The molecule has 1 atom stereocenters. The molecule has 2 rings (SSSR count). The lowest BCUT2D eigenvalue weighted by atomic mass is 9.99. The number of aryl methyl sites for hydroxylation is 1. The van der Waals surface area contributed by atoms with Crippen LogP contribution < -0.4 is 5.32 Å². The molecule has 1 heterocycles. The number of hydrogen-bond donors (Lipinski definition) is 1. The Balaban J connectivity index is 2.14. The highest BCUT2D eigenvalue weighted by Crippen LogP contribution is 2.14. The molecule has 0 spiro atoms. The van der Waals surface area contributed by atoms with Gasteiger partial charge in [0.25, 0.3) is 11.8 Å². The van der Waals surface area contributed by atoms with Crippen molar-refractivity contribution < 1.29 is 19.2 Å². The molecule has 0 bridgehead atoms. The van der Waals surface area contributed by atoms with Crippen LogP contribution >= 0.6 is 0 Å². The second kappa shape index (κ2) is 12.5. The molecule has 166 valence electrons. The standard InChI is InChI=1S/C23H30N4O4/c1-5-13-31-14-9-12-27-17-24-16-21(27)22(28)25-20(23(29)26(3)30-4)15-19-11-8-7-10-18(19)6-2/h5-8,10-11,16-17,20H,1-2,9,12-15H2,3-4H3,(H,25,28)/t20-/m0/s1. The highest BCUT2D eigenvalue weighted by molar-refractivity contribution is 5.96. The van der Waals surface area contributed by atoms with Crippen LogP contribution in [-0.2, 0) is 27.3 Å². The number of amides is 2. The number of carbonyl (C=O) groups is 2. The second-order valence-corrected chi connectivity index (χ2v) is 6.84. The Morgan fingerprint density at radius 3 is 2.81 bits per heavy atom. The number of imidazole rings is 1. The first-order valence-electron chi connectivity index (χ1n) is 10.0. The second-order valence-electron chi connectivity index (χ2n) is 6.84. The Morgan fingerprint density at radius 1 is 1.32 bits per heavy atom. The fraction of sp³-hybridized carbons (Fsp3) is 0.348. The van der Waals surface area contributed by atoms with Crippen LogP contribution in [0.1, 0.15) is 28.0 Å². The zero-order chi connectivity index (χ0) is 22.6. The van der Waals surface area contributed by atoms with E-state index < -0.39 is 6.04 Å². The average molecular weight is 427 g/mol. The van der Waals surface area contributed by atoms with E-state index in [0.717, 1.165) is 16.2 Å². The van der Waals surface area contributed by atoms with Gasteiger partial charge in [0.05, 0.1) is 26.2 Å². The zero-order valence-electron chi connectivity index (χ0n) is 18.1. The van der Waals surface area contributed by atoms with E-state index in [-0.39, 0.29) is 11.8 Å². The molecule has 1 aromatic heterocycles. The Morgan fingerprint density at radius 2 is 2.10 bits per heavy atom. The molecule has 8 nitrogen and oxygen atoms in total. The molecule has 0 aliphatic heterocycles. The summed E-state index contributed by atoms with van der Waals surface area (Å²) in [5.41, 5.74) is 2.17. The summed E-state index contributed by atoms with van der Waals surface area (Å²) < 4.78 is 7.12. The molecule has 0 aliphatic carbocycles. The van der Waals surface area contributed by atoms with E-state index in [1.54, 1.807) is 23.0 Å². The summed E-state index contributed by atoms with van der Waals surface area (Å²) in [6, 6.07) is 6.78. The third-order valence-corrected chi connectivity index (χ3v) is 4.76. The monoisotopic (exact) mass is 426 g/mol. The van der Waals surface area contributed by atoms with Gasteiger partial charge in [-0.15, -0.1) is 6.58 Å². The lowest BCUT2D eigenvalue weighted by Crippen LogP contribution is -2.48. The van der Waals surface area contributed by atoms with Crippen molar-refractivity contribution in [2.75, 3.05) is 27.4 Å². The van der Waals surface area contributed by atoms with Crippen molar-refractivity contribution in [1.82, 2.24) is 19.9 Å². The van der Waals surface area contributed by atoms with Crippen LogP contribution in [0.2, 0.25) is 0 Å². The fourth-order valence-corrected chi connectivity index (χ4v) is 3.07. The molecule has 8 heteroatoms. The molecule has 0 radical (unpaired) electrons. The van der Waals surface area contributed by atoms with E-state index in [2.05, 4.69) is 23.5 Å². The van der Waals surface area contributed by atoms with Crippen molar-refractivity contribution >= 4 is 17.9 Å². The maximum absolute atomic E-state index is 13.0. The molecular formula is C23H30N4O4. The van der Waals surface area contributed by atoms with Gasteiger partial charge in [-0.2, -0.15) is 0 Å². The molecule has 0 fully saturated rings. The number of aromatic nitrogens is 2. The number of carbonyl (C=O) groups excluding carboxylic acids is 2. The van der Waals surface area contributed by atoms with Crippen molar-refractivity contribution in [3.63, 3.8) is 0 Å². The third kappa shape index (κ3) is 6.91. The van der Waals surface area contributed by atoms with Crippen LogP contribution in [0.15, 0.2) is 56.0 Å². The highest BCUT2D eigenvalue weighted by atomic mass is 16.7. The Bertz CT molecular complexity index is 893. The lowest BCUT2D eigenvalue weighted by molar-refractivity contribution is -0.170. The van der Waals surface area contributed by atoms with E-state index in [1.165, 1.54) is 20.4 Å². The van der Waals surface area contributed by atoms with E-state index in [0.29, 0.717) is 38.3 Å². The predicted octanol–water partition coefficient (Wildman–Crippen LogP) is 2.48. The van der Waals surface area contributed by atoms with Crippen LogP contribution in [-0.4, -0.2) is 59.8 Å². The molecule has 0 unspecified atom stereocenters. The number of hydroxylamine groups is 2. The minimum absolute atomic E-state index is 0.296. The summed E-state index contributed by atoms with van der Waals surface area (Å²) in [7, 11) is 2.91. The smallest absolute Gasteiger partial charge is 0.270 e. The van der Waals surface area contributed by atoms with Crippen LogP contribution in [0.4, 0.5) is 0 Å². The maximum Gasteiger partial charge on any atom is 0.270 e. The van der Waals surface area contributed by atoms with Crippen molar-refractivity contribution in [1.29, 1.82) is 0 Å². The first kappa shape index (κ1) is 24.0. The number of ether oxygens (including phenoxy) is 1. The first-order valence-corrected chi connectivity index (χ1v) is 10.0. The van der Waals surface area contributed by atoms with E-state index in [4.69, 9.17) is 9.57 Å². The summed E-state index contributed by atoms with van der Waals surface area (Å²) in [6.07, 6.45) is 7.50. The molecule has 1 N–H and O–H groups in total. The van der Waals surface area contributed by atoms with Crippen LogP contribution in [0.5, 0.6) is 0 Å². The van der Waals surface area contributed by atoms with Gasteiger partial charge < -0.3 is 14.6 Å². The number of rotatable bonds is 13. The molecule has 31 heavy (non-hydrogen) atoms. The van der Waals surface area contributed by atoms with Crippen molar-refractivity contribution in [2.45, 2.75) is 25.4 Å². The number of hydrogen-bond acceptors (Lipinski definition) is 5. The largest absolute Gasteiger partial charge is 0.377 e. The number of nitrogens with one attached hydrogen (secondary N) is 1. The topological polar surface area (TPSA) is 85.7 Å². The Labute approximate surface area is 183 Å². The Hall–Kier alpha value is -3.23. The number of likely N-dealkylation sites (N-methyl/N-ethyl adjacent to an activating group) is 1. The minimum Gasteiger partial charge on any atom is -0.377 e. The summed E-state index contributed by atoms with van der Waals surface area (Å²) in [5.74, 6) is -0.748. The van der Waals surface area contributed by atoms with Gasteiger partial charge in [0, 0.05) is 26.6 Å². The van der Waals surface area contributed by atoms with Crippen molar-refractivity contribution in [2.24, 2.45) is 0 Å². The summed E-state index contributed by atoms with van der Waals surface area (Å²) in [6.45, 7) is 9.03. The van der Waals surface area contributed by atoms with Gasteiger partial charge >= 0.3 is 0 Å². The third-order valence-electron chi connectivity index (χ3n) is 4.76. The van der Waals surface area contributed by atoms with Gasteiger partial charge in [0.2, 0.25) is 0 Å². The van der Waals surface area contributed by atoms with Gasteiger partial charge in [0.15, 0.2) is 0 Å². The molecule has 2 amide bonds. The van der Waals surface area contributed by atoms with Crippen LogP contribution in [0.3, 0.4) is 0 Å². The summed E-state index contributed by atoms with van der Waals surface area (Å²) in [4.78, 5) is 35.0. The van der Waals surface area contributed by atoms with Gasteiger partial charge in [-0.25, -0.2) is 10.0 Å². The molecular weight excluding hydrogens is 396 g/mol. The number of nitrogens with zero attached hydrogens (tertiary/aromatic N) is 3. The highest BCUT2D eigenvalue weighted by Gasteiger charge is 2.27. The predicted molar refractivity (Wildman–Crippen MR) is 119 cm³/mol. The average Bonchev–Trinajstić information content (AvgIpc) is 3.26. The summed E-state index contributed by atoms with van der Waals surface area (Å²) >= 11 is 0. The molecule has 2 aromatic rings. The molecule has 1 aromatic carbocycles. The van der Waals surface area contributed by atoms with Gasteiger partial charge in [-0.3, -0.25) is 14.4 Å². The SMILES string of the molecule is C=CCOCCCn1cncc1C(=O)N[C@@H](Cc1ccccc1C=C)C(=O)N(C)OC. The fourth-order valence-electron chi connectivity index (χ4n) is 3.07. The zero-order valence-corrected chi connectivity index (χ0v) is 18.1. The lowest BCUT2D eigenvalue weighted by Gasteiger charge is -2.23. The van der Waals surface area contributed by atoms with Gasteiger partial charge in [-0.1, -0.05) is 43.0 Å². The molecule has 0 aliphatic rings. The Kier molecular flexibility index (Phi) is 9.67. The van der Waals surface area contributed by atoms with Gasteiger partial charge in [-0.05, 0) is 17.5 Å². The molecule has 0 saturated heterocycles. The summed E-state index contributed by atoms with van der Waals surface area (Å²) in [5, 5.41) is 3.94. The number of benzene rings is 1. The first-order chi connectivity index (χ1) is 15.0. The van der Waals surface area contributed by atoms with Crippen LogP contribution in [0.25, 0.3) is 6.08 Å². The van der Waals surface area contributed by atoms with E-state index >= 15 is 0 Å². The van der Waals surface area contributed by atoms with E-state index in [1.807, 2.05) is 24.3 Å². The normalized spacial score (nSPS) is 11.5. The van der Waals surface area contributed by atoms with E-state index in [9.17, 15) is 9.59 Å². The van der Waals surface area contributed by atoms with Crippen LogP contribution in [0, 0.1) is 0 Å². The quantitative estimate of drug-likeness (QED) is 0.302. The minimum atomic E-state index is -0.821. The molecule has 0 saturated carbocycles. The van der Waals surface area contributed by atoms with Gasteiger partial charge in [0.1, 0.15) is 11.7 Å². The maximum atomic E-state index is 13.0. The van der Waals surface area contributed by atoms with Crippen molar-refractivity contribution in [3.8, 4) is 0 Å².